The molecule has 0 unspecified atom stereocenters. The quantitative estimate of drug-likeness (QED) is 0.524. The molecule has 1 aromatic heterocycles. The van der Waals surface area contributed by atoms with Gasteiger partial charge in [-0.2, -0.15) is 0 Å². The van der Waals surface area contributed by atoms with Crippen molar-refractivity contribution < 1.29 is 9.15 Å². The van der Waals surface area contributed by atoms with Gasteiger partial charge in [-0.3, -0.25) is 0 Å². The number of hydrogen-bond acceptors (Lipinski definition) is 2. The van der Waals surface area contributed by atoms with Crippen molar-refractivity contribution in [2.75, 3.05) is 0 Å². The molecular weight excluding hydrogens is 272 g/mol. The first-order chi connectivity index (χ1) is 10.5. The Kier molecular flexibility index (Phi) is 4.31. The second-order valence-electron chi connectivity index (χ2n) is 7.42. The van der Waals surface area contributed by atoms with Crippen LogP contribution in [0.3, 0.4) is 0 Å². The number of allylic oxidation sites excluding steroid dienone is 3. The van der Waals surface area contributed by atoms with Gasteiger partial charge in [0.15, 0.2) is 0 Å². The Morgan fingerprint density at radius 2 is 2.18 bits per heavy atom. The van der Waals surface area contributed by atoms with Gasteiger partial charge in [0.2, 0.25) is 0 Å². The van der Waals surface area contributed by atoms with Crippen LogP contribution in [-0.4, -0.2) is 11.7 Å². The molecular formula is C20H28O2. The summed E-state index contributed by atoms with van der Waals surface area (Å²) in [5, 5.41) is 0. The first-order valence-electron chi connectivity index (χ1n) is 8.51. The Morgan fingerprint density at radius 3 is 2.95 bits per heavy atom. The molecule has 0 N–H and O–H groups in total. The van der Waals surface area contributed by atoms with Crippen molar-refractivity contribution in [2.24, 2.45) is 5.92 Å². The highest BCUT2D eigenvalue weighted by Crippen LogP contribution is 2.44. The first-order valence-corrected chi connectivity index (χ1v) is 8.51. The summed E-state index contributed by atoms with van der Waals surface area (Å²) in [4.78, 5) is 0. The Labute approximate surface area is 134 Å². The monoisotopic (exact) mass is 300 g/mol. The maximum Gasteiger partial charge on any atom is 0.107 e. The van der Waals surface area contributed by atoms with Gasteiger partial charge in [-0.25, -0.2) is 0 Å². The molecule has 3 atom stereocenters. The molecule has 1 aliphatic heterocycles. The zero-order valence-corrected chi connectivity index (χ0v) is 14.2. The Morgan fingerprint density at radius 1 is 1.36 bits per heavy atom. The molecule has 1 saturated heterocycles. The van der Waals surface area contributed by atoms with Gasteiger partial charge in [0, 0.05) is 6.42 Å². The molecule has 22 heavy (non-hydrogen) atoms. The summed E-state index contributed by atoms with van der Waals surface area (Å²) < 4.78 is 11.8. The topological polar surface area (TPSA) is 25.7 Å². The zero-order valence-electron chi connectivity index (χ0n) is 14.2. The molecule has 0 aromatic carbocycles. The van der Waals surface area contributed by atoms with Crippen LogP contribution in [0, 0.1) is 5.92 Å². The minimum Gasteiger partial charge on any atom is -0.469 e. The summed E-state index contributed by atoms with van der Waals surface area (Å²) in [5.74, 6) is 1.62. The summed E-state index contributed by atoms with van der Waals surface area (Å²) in [5.41, 5.74) is 4.04. The number of aryl methyl sites for hydroxylation is 1. The molecule has 3 rings (SSSR count). The van der Waals surface area contributed by atoms with Gasteiger partial charge in [-0.15, -0.1) is 0 Å². The average molecular weight is 300 g/mol. The van der Waals surface area contributed by atoms with Crippen molar-refractivity contribution in [1.29, 1.82) is 0 Å². The van der Waals surface area contributed by atoms with Crippen LogP contribution in [0.2, 0.25) is 0 Å². The number of epoxide rings is 1. The third kappa shape index (κ3) is 3.55. The Balaban J connectivity index is 1.78. The van der Waals surface area contributed by atoms with Crippen LogP contribution in [0.1, 0.15) is 57.8 Å². The van der Waals surface area contributed by atoms with Gasteiger partial charge in [-0.05, 0) is 70.4 Å². The van der Waals surface area contributed by atoms with E-state index in [-0.39, 0.29) is 5.60 Å². The van der Waals surface area contributed by atoms with E-state index < -0.39 is 0 Å². The van der Waals surface area contributed by atoms with E-state index in [1.165, 1.54) is 23.1 Å². The molecule has 2 aliphatic rings. The average Bonchev–Trinajstić information content (AvgIpc) is 2.86. The predicted octanol–water partition coefficient (Wildman–Crippen LogP) is 5.23. The number of furan rings is 1. The molecule has 2 heteroatoms. The van der Waals surface area contributed by atoms with Gasteiger partial charge in [-0.1, -0.05) is 23.8 Å². The molecule has 2 bridgehead atoms. The van der Waals surface area contributed by atoms with Crippen molar-refractivity contribution in [1.82, 2.24) is 0 Å². The fourth-order valence-corrected chi connectivity index (χ4v) is 3.55. The van der Waals surface area contributed by atoms with Crippen LogP contribution >= 0.6 is 0 Å². The van der Waals surface area contributed by atoms with Crippen LogP contribution < -0.4 is 0 Å². The highest BCUT2D eigenvalue weighted by molar-refractivity contribution is 5.19. The lowest BCUT2D eigenvalue weighted by atomic mass is 9.86. The van der Waals surface area contributed by atoms with E-state index in [0.29, 0.717) is 12.0 Å². The second-order valence-corrected chi connectivity index (χ2v) is 7.42. The standard InChI is InChI=1S/C20H28O2/c1-14(2)17-9-8-15(3)6-5-7-16-10-18(21-13-16)12-20(4)19(11-17)22-20/h6,10,13,17,19H,1,5,7-9,11-12H2,2-4H3/b15-6-/t17-,19+,20+/m1/s1. The van der Waals surface area contributed by atoms with Crippen molar-refractivity contribution in [2.45, 2.75) is 71.0 Å². The molecule has 1 aliphatic carbocycles. The molecule has 0 amide bonds. The van der Waals surface area contributed by atoms with E-state index in [2.05, 4.69) is 39.5 Å². The van der Waals surface area contributed by atoms with Gasteiger partial charge in [0.1, 0.15) is 5.76 Å². The molecule has 2 nitrogen and oxygen atoms in total. The van der Waals surface area contributed by atoms with E-state index in [9.17, 15) is 0 Å². The van der Waals surface area contributed by atoms with Gasteiger partial charge < -0.3 is 9.15 Å². The fraction of sp³-hybridized carbons (Fsp3) is 0.600. The Hall–Kier alpha value is -1.28. The lowest BCUT2D eigenvalue weighted by molar-refractivity contribution is 0.287. The van der Waals surface area contributed by atoms with Crippen molar-refractivity contribution >= 4 is 0 Å². The van der Waals surface area contributed by atoms with E-state index in [4.69, 9.17) is 9.15 Å². The van der Waals surface area contributed by atoms with Crippen molar-refractivity contribution in [3.8, 4) is 0 Å². The van der Waals surface area contributed by atoms with E-state index in [1.54, 1.807) is 0 Å². The molecule has 120 valence electrons. The smallest absolute Gasteiger partial charge is 0.107 e. The lowest BCUT2D eigenvalue weighted by Gasteiger charge is -2.17. The van der Waals surface area contributed by atoms with Crippen LogP contribution in [-0.2, 0) is 17.6 Å². The number of rotatable bonds is 1. The van der Waals surface area contributed by atoms with Crippen molar-refractivity contribution in [3.63, 3.8) is 0 Å². The van der Waals surface area contributed by atoms with Crippen LogP contribution in [0.25, 0.3) is 0 Å². The van der Waals surface area contributed by atoms with Crippen LogP contribution in [0.4, 0.5) is 0 Å². The summed E-state index contributed by atoms with van der Waals surface area (Å²) >= 11 is 0. The van der Waals surface area contributed by atoms with Gasteiger partial charge in [0.05, 0.1) is 18.0 Å². The zero-order chi connectivity index (χ0) is 15.7. The van der Waals surface area contributed by atoms with E-state index in [0.717, 1.165) is 37.9 Å². The summed E-state index contributed by atoms with van der Waals surface area (Å²) in [6, 6.07) is 2.20. The fourth-order valence-electron chi connectivity index (χ4n) is 3.55. The Bertz CT molecular complexity index is 580. The molecule has 0 saturated carbocycles. The molecule has 0 spiro atoms. The third-order valence-corrected chi connectivity index (χ3v) is 5.28. The summed E-state index contributed by atoms with van der Waals surface area (Å²) in [7, 11) is 0. The molecule has 1 aromatic rings. The highest BCUT2D eigenvalue weighted by Gasteiger charge is 2.53. The highest BCUT2D eigenvalue weighted by atomic mass is 16.6. The predicted molar refractivity (Wildman–Crippen MR) is 89.9 cm³/mol. The van der Waals surface area contributed by atoms with Crippen molar-refractivity contribution in [3.05, 3.63) is 47.5 Å². The third-order valence-electron chi connectivity index (χ3n) is 5.28. The number of hydrogen-bond donors (Lipinski definition) is 0. The number of ether oxygens (including phenoxy) is 1. The maximum atomic E-state index is 6.04. The van der Waals surface area contributed by atoms with Gasteiger partial charge >= 0.3 is 0 Å². The minimum atomic E-state index is -0.0438. The van der Waals surface area contributed by atoms with E-state index >= 15 is 0 Å². The number of fused-ring (bicyclic) bond motifs is 3. The summed E-state index contributed by atoms with van der Waals surface area (Å²) in [6.45, 7) is 10.8. The summed E-state index contributed by atoms with van der Waals surface area (Å²) in [6.07, 6.45) is 11.1. The largest absolute Gasteiger partial charge is 0.469 e. The lowest BCUT2D eigenvalue weighted by Crippen LogP contribution is -2.16. The molecule has 1 fully saturated rings. The molecule has 2 heterocycles. The second kappa shape index (κ2) is 6.08. The normalized spacial score (nSPS) is 35.0. The van der Waals surface area contributed by atoms with Crippen LogP contribution in [0.5, 0.6) is 0 Å². The SMILES string of the molecule is C=C(C)[C@@H]1CC/C(C)=C\CCc2coc(c2)C[C@]2(C)O[C@H]2C1. The van der Waals surface area contributed by atoms with E-state index in [1.807, 2.05) is 6.26 Å². The first kappa shape index (κ1) is 15.6. The van der Waals surface area contributed by atoms with Gasteiger partial charge in [0.25, 0.3) is 0 Å². The maximum absolute atomic E-state index is 6.04. The molecule has 0 radical (unpaired) electrons. The van der Waals surface area contributed by atoms with Crippen LogP contribution in [0.15, 0.2) is 40.5 Å². The minimum absolute atomic E-state index is 0.0438.